The third-order valence-corrected chi connectivity index (χ3v) is 8.85. The second-order valence-electron chi connectivity index (χ2n) is 8.93. The van der Waals surface area contributed by atoms with Crippen molar-refractivity contribution in [1.82, 2.24) is 14.5 Å². The molecule has 2 atom stereocenters. The number of nitriles is 1. The summed E-state index contributed by atoms with van der Waals surface area (Å²) in [5.41, 5.74) is 1.17. The molecule has 29 heavy (non-hydrogen) atoms. The highest BCUT2D eigenvalue weighted by molar-refractivity contribution is 7.89. The average Bonchev–Trinajstić information content (AvgIpc) is 3.49. The molecule has 0 radical (unpaired) electrons. The molecule has 2 aliphatic heterocycles. The van der Waals surface area contributed by atoms with Gasteiger partial charge in [-0.3, -0.25) is 4.90 Å². The molecular weight excluding hydrogens is 384 g/mol. The van der Waals surface area contributed by atoms with Crippen LogP contribution in [-0.4, -0.2) is 67.7 Å². The lowest BCUT2D eigenvalue weighted by Gasteiger charge is -2.55. The topological polar surface area (TPSA) is 76.4 Å². The zero-order valence-corrected chi connectivity index (χ0v) is 18.1. The van der Waals surface area contributed by atoms with Gasteiger partial charge in [0.1, 0.15) is 0 Å². The summed E-state index contributed by atoms with van der Waals surface area (Å²) in [7, 11) is -3.15. The Hall–Kier alpha value is -1.46. The molecule has 4 rings (SSSR count). The quantitative estimate of drug-likeness (QED) is 0.703. The number of sulfonamides is 1. The van der Waals surface area contributed by atoms with Crippen molar-refractivity contribution in [1.29, 1.82) is 5.26 Å². The average molecular weight is 417 g/mol. The van der Waals surface area contributed by atoms with Gasteiger partial charge in [0.2, 0.25) is 10.0 Å². The van der Waals surface area contributed by atoms with Gasteiger partial charge in [-0.15, -0.1) is 0 Å². The minimum atomic E-state index is -3.15. The van der Waals surface area contributed by atoms with Gasteiger partial charge in [0.15, 0.2) is 0 Å². The van der Waals surface area contributed by atoms with Crippen LogP contribution in [0.25, 0.3) is 0 Å². The molecule has 2 unspecified atom stereocenters. The fourth-order valence-corrected chi connectivity index (χ4v) is 6.22. The van der Waals surface area contributed by atoms with E-state index in [2.05, 4.69) is 46.6 Å². The van der Waals surface area contributed by atoms with Gasteiger partial charge < -0.3 is 5.32 Å². The van der Waals surface area contributed by atoms with Crippen molar-refractivity contribution < 1.29 is 8.42 Å². The fraction of sp³-hybridized carbons (Fsp3) is 0.682. The maximum atomic E-state index is 12.1. The van der Waals surface area contributed by atoms with Crippen molar-refractivity contribution in [2.45, 2.75) is 50.1 Å². The van der Waals surface area contributed by atoms with E-state index in [1.54, 1.807) is 11.2 Å². The van der Waals surface area contributed by atoms with Crippen molar-refractivity contribution in [3.05, 3.63) is 35.9 Å². The highest BCUT2D eigenvalue weighted by Gasteiger charge is 2.51. The number of hydrogen-bond acceptors (Lipinski definition) is 5. The molecule has 1 aromatic rings. The first kappa shape index (κ1) is 20.8. The minimum absolute atomic E-state index is 0.133. The van der Waals surface area contributed by atoms with Crippen LogP contribution in [0.15, 0.2) is 30.3 Å². The third-order valence-electron chi connectivity index (χ3n) is 7.08. The highest BCUT2D eigenvalue weighted by atomic mass is 32.2. The summed E-state index contributed by atoms with van der Waals surface area (Å²) in [5, 5.41) is 13.1. The van der Waals surface area contributed by atoms with Crippen LogP contribution in [0, 0.1) is 17.2 Å². The van der Waals surface area contributed by atoms with Crippen LogP contribution in [0.3, 0.4) is 0 Å². The van der Waals surface area contributed by atoms with E-state index in [0.29, 0.717) is 37.4 Å². The first-order valence-corrected chi connectivity index (χ1v) is 12.5. The fourth-order valence-electron chi connectivity index (χ4n) is 4.98. The lowest BCUT2D eigenvalue weighted by atomic mass is 9.83. The summed E-state index contributed by atoms with van der Waals surface area (Å²) in [4.78, 5) is 2.39. The number of nitrogens with one attached hydrogen (secondary N) is 1. The monoisotopic (exact) mass is 416 g/mol. The van der Waals surface area contributed by atoms with E-state index >= 15 is 0 Å². The Labute approximate surface area is 174 Å². The highest BCUT2D eigenvalue weighted by Crippen LogP contribution is 2.41. The normalized spacial score (nSPS) is 27.9. The number of rotatable bonds is 8. The van der Waals surface area contributed by atoms with Crippen molar-refractivity contribution in [2.24, 2.45) is 5.92 Å². The first-order chi connectivity index (χ1) is 14.0. The molecular formula is C22H32N4O2S. The minimum Gasteiger partial charge on any atom is -0.313 e. The van der Waals surface area contributed by atoms with Gasteiger partial charge in [-0.1, -0.05) is 30.3 Å². The molecule has 1 saturated carbocycles. The Morgan fingerprint density at radius 2 is 1.90 bits per heavy atom. The zero-order chi connectivity index (χ0) is 20.5. The van der Waals surface area contributed by atoms with E-state index < -0.39 is 10.0 Å². The molecule has 2 heterocycles. The molecule has 1 aromatic carbocycles. The summed E-state index contributed by atoms with van der Waals surface area (Å²) in [6.07, 6.45) is 3.87. The summed E-state index contributed by atoms with van der Waals surface area (Å²) in [6, 6.07) is 13.7. The lowest BCUT2D eigenvalue weighted by Crippen LogP contribution is -2.72. The molecule has 7 heteroatoms. The van der Waals surface area contributed by atoms with Crippen molar-refractivity contribution in [3.8, 4) is 6.07 Å². The SMILES string of the molecule is CCS(=O)(=O)N1CC(CC#N)(N2CCC(CNC3CC3c3ccccc3)CC2)C1. The number of nitrogens with zero attached hydrogens (tertiary/aromatic N) is 3. The molecule has 0 bridgehead atoms. The first-order valence-electron chi connectivity index (χ1n) is 10.9. The van der Waals surface area contributed by atoms with E-state index in [9.17, 15) is 13.7 Å². The molecule has 2 saturated heterocycles. The van der Waals surface area contributed by atoms with Gasteiger partial charge >= 0.3 is 0 Å². The molecule has 3 fully saturated rings. The number of piperidine rings is 1. The number of benzene rings is 1. The van der Waals surface area contributed by atoms with Crippen molar-refractivity contribution in [2.75, 3.05) is 38.5 Å². The Balaban J connectivity index is 1.23. The summed E-state index contributed by atoms with van der Waals surface area (Å²) in [6.45, 7) is 5.60. The molecule has 1 N–H and O–H groups in total. The van der Waals surface area contributed by atoms with E-state index in [1.807, 2.05) is 0 Å². The molecule has 0 aromatic heterocycles. The third kappa shape index (κ3) is 4.36. The van der Waals surface area contributed by atoms with E-state index in [0.717, 1.165) is 32.5 Å². The molecule has 0 amide bonds. The molecule has 1 aliphatic carbocycles. The Kier molecular flexibility index (Phi) is 5.99. The number of likely N-dealkylation sites (tertiary alicyclic amines) is 1. The zero-order valence-electron chi connectivity index (χ0n) is 17.3. The summed E-state index contributed by atoms with van der Waals surface area (Å²) >= 11 is 0. The second-order valence-corrected chi connectivity index (χ2v) is 11.2. The van der Waals surface area contributed by atoms with Gasteiger partial charge in [0.25, 0.3) is 0 Å². The van der Waals surface area contributed by atoms with Crippen LogP contribution in [0.4, 0.5) is 0 Å². The van der Waals surface area contributed by atoms with Crippen LogP contribution >= 0.6 is 0 Å². The molecule has 6 nitrogen and oxygen atoms in total. The molecule has 158 valence electrons. The van der Waals surface area contributed by atoms with Gasteiger partial charge in [-0.2, -0.15) is 9.57 Å². The standard InChI is InChI=1S/C22H32N4O2S/c1-2-29(27,28)26-16-22(17-26,10-11-23)25-12-8-18(9-13-25)15-24-21-14-20(21)19-6-4-3-5-7-19/h3-7,18,20-21,24H,2,8-10,12-17H2,1H3. The van der Waals surface area contributed by atoms with E-state index in [-0.39, 0.29) is 11.3 Å². The predicted molar refractivity (Wildman–Crippen MR) is 114 cm³/mol. The lowest BCUT2D eigenvalue weighted by molar-refractivity contribution is -0.0290. The molecule has 0 spiro atoms. The van der Waals surface area contributed by atoms with Crippen molar-refractivity contribution >= 4 is 10.0 Å². The number of hydrogen-bond donors (Lipinski definition) is 1. The van der Waals surface area contributed by atoms with Crippen LogP contribution in [0.1, 0.15) is 44.1 Å². The van der Waals surface area contributed by atoms with E-state index in [1.165, 1.54) is 12.0 Å². The van der Waals surface area contributed by atoms with Gasteiger partial charge in [0, 0.05) is 25.0 Å². The maximum Gasteiger partial charge on any atom is 0.213 e. The van der Waals surface area contributed by atoms with Crippen LogP contribution in [-0.2, 0) is 10.0 Å². The van der Waals surface area contributed by atoms with Crippen LogP contribution in [0.5, 0.6) is 0 Å². The Bertz CT molecular complexity index is 837. The van der Waals surface area contributed by atoms with Crippen LogP contribution in [0.2, 0.25) is 0 Å². The second kappa shape index (κ2) is 8.35. The Morgan fingerprint density at radius 3 is 2.52 bits per heavy atom. The molecule has 3 aliphatic rings. The maximum absolute atomic E-state index is 12.1. The summed E-state index contributed by atoms with van der Waals surface area (Å²) in [5.74, 6) is 1.46. The van der Waals surface area contributed by atoms with Crippen molar-refractivity contribution in [3.63, 3.8) is 0 Å². The van der Waals surface area contributed by atoms with Crippen LogP contribution < -0.4 is 5.32 Å². The Morgan fingerprint density at radius 1 is 1.21 bits per heavy atom. The van der Waals surface area contributed by atoms with Gasteiger partial charge in [0.05, 0.1) is 23.8 Å². The largest absolute Gasteiger partial charge is 0.313 e. The predicted octanol–water partition coefficient (Wildman–Crippen LogP) is 2.16. The van der Waals surface area contributed by atoms with Gasteiger partial charge in [-0.25, -0.2) is 8.42 Å². The van der Waals surface area contributed by atoms with Gasteiger partial charge in [-0.05, 0) is 57.3 Å². The summed E-state index contributed by atoms with van der Waals surface area (Å²) < 4.78 is 25.8. The van der Waals surface area contributed by atoms with E-state index in [4.69, 9.17) is 0 Å². The smallest absolute Gasteiger partial charge is 0.213 e.